The molecular formula is C12H13Br2NO. The maximum atomic E-state index is 12.0. The number of fused-ring (bicyclic) bond motifs is 1. The van der Waals surface area contributed by atoms with Crippen molar-refractivity contribution < 1.29 is 4.79 Å². The molecule has 0 fully saturated rings. The van der Waals surface area contributed by atoms with E-state index in [0.717, 1.165) is 10.2 Å². The van der Waals surface area contributed by atoms with Gasteiger partial charge < -0.3 is 4.90 Å². The number of benzene rings is 1. The Morgan fingerprint density at radius 2 is 2.12 bits per heavy atom. The highest BCUT2D eigenvalue weighted by Gasteiger charge is 2.36. The maximum Gasteiger partial charge on any atom is 0.228 e. The van der Waals surface area contributed by atoms with E-state index in [0.29, 0.717) is 11.9 Å². The van der Waals surface area contributed by atoms with Crippen molar-refractivity contribution in [3.63, 3.8) is 0 Å². The van der Waals surface area contributed by atoms with Crippen LogP contribution < -0.4 is 4.90 Å². The van der Waals surface area contributed by atoms with Gasteiger partial charge in [-0.05, 0) is 23.8 Å². The number of hydrogen-bond acceptors (Lipinski definition) is 1. The molecule has 0 saturated carbocycles. The first-order chi connectivity index (χ1) is 7.45. The second-order valence-electron chi connectivity index (χ2n) is 4.66. The lowest BCUT2D eigenvalue weighted by molar-refractivity contribution is -0.119. The number of carbonyl (C=O) groups is 1. The fourth-order valence-electron chi connectivity index (χ4n) is 2.12. The first kappa shape index (κ1) is 12.1. The molecule has 16 heavy (non-hydrogen) atoms. The van der Waals surface area contributed by atoms with Gasteiger partial charge in [0.2, 0.25) is 5.91 Å². The van der Waals surface area contributed by atoms with Crippen molar-refractivity contribution in [3.05, 3.63) is 28.2 Å². The Morgan fingerprint density at radius 3 is 2.75 bits per heavy atom. The number of amides is 1. The zero-order valence-corrected chi connectivity index (χ0v) is 12.4. The molecule has 2 nitrogen and oxygen atoms in total. The van der Waals surface area contributed by atoms with E-state index in [1.807, 2.05) is 12.1 Å². The summed E-state index contributed by atoms with van der Waals surface area (Å²) in [5, 5.41) is 0. The Labute approximate surface area is 112 Å². The van der Waals surface area contributed by atoms with E-state index in [-0.39, 0.29) is 11.3 Å². The molecular weight excluding hydrogens is 334 g/mol. The summed E-state index contributed by atoms with van der Waals surface area (Å²) in [5.41, 5.74) is 2.70. The van der Waals surface area contributed by atoms with Crippen molar-refractivity contribution in [2.45, 2.75) is 25.7 Å². The normalized spacial score (nSPS) is 18.5. The predicted molar refractivity (Wildman–Crippen MR) is 73.1 cm³/mol. The van der Waals surface area contributed by atoms with Crippen LogP contribution in [0.5, 0.6) is 0 Å². The van der Waals surface area contributed by atoms with E-state index >= 15 is 0 Å². The molecule has 1 amide bonds. The second-order valence-corrected chi connectivity index (χ2v) is 6.08. The highest BCUT2D eigenvalue weighted by atomic mass is 79.9. The van der Waals surface area contributed by atoms with Gasteiger partial charge in [-0.25, -0.2) is 0 Å². The van der Waals surface area contributed by atoms with Crippen LogP contribution in [-0.2, 0) is 10.2 Å². The van der Waals surface area contributed by atoms with E-state index < -0.39 is 0 Å². The molecule has 1 heterocycles. The Hall–Kier alpha value is -0.350. The molecule has 0 bridgehead atoms. The Bertz CT molecular complexity index is 443. The highest BCUT2D eigenvalue weighted by Crippen LogP contribution is 2.41. The van der Waals surface area contributed by atoms with Gasteiger partial charge in [0.1, 0.15) is 0 Å². The third-order valence-electron chi connectivity index (χ3n) is 2.99. The molecule has 0 atom stereocenters. The van der Waals surface area contributed by atoms with Crippen LogP contribution in [0.3, 0.4) is 0 Å². The van der Waals surface area contributed by atoms with Crippen LogP contribution >= 0.6 is 31.9 Å². The number of hydrogen-bond donors (Lipinski definition) is 0. The molecule has 0 radical (unpaired) electrons. The fourth-order valence-corrected chi connectivity index (χ4v) is 3.03. The number of alkyl halides is 1. The van der Waals surface area contributed by atoms with Gasteiger partial charge in [-0.1, -0.05) is 45.7 Å². The highest BCUT2D eigenvalue weighted by molar-refractivity contribution is 9.10. The summed E-state index contributed by atoms with van der Waals surface area (Å²) in [4.78, 5) is 13.8. The van der Waals surface area contributed by atoms with E-state index in [1.165, 1.54) is 5.56 Å². The summed E-state index contributed by atoms with van der Waals surface area (Å²) in [5.74, 6) is 0.177. The quantitative estimate of drug-likeness (QED) is 0.559. The summed E-state index contributed by atoms with van der Waals surface area (Å²) in [6, 6.07) is 6.08. The number of rotatable bonds is 1. The summed E-state index contributed by atoms with van der Waals surface area (Å²) in [6.07, 6.45) is 0.558. The summed E-state index contributed by atoms with van der Waals surface area (Å²) < 4.78 is 1.06. The van der Waals surface area contributed by atoms with Crippen LogP contribution in [0.4, 0.5) is 5.69 Å². The molecule has 4 heteroatoms. The lowest BCUT2D eigenvalue weighted by Crippen LogP contribution is -2.41. The lowest BCUT2D eigenvalue weighted by Gasteiger charge is -2.37. The molecule has 1 aliphatic rings. The molecule has 0 aromatic heterocycles. The van der Waals surface area contributed by atoms with Gasteiger partial charge >= 0.3 is 0 Å². The minimum atomic E-state index is -0.0884. The molecule has 0 saturated heterocycles. The van der Waals surface area contributed by atoms with Crippen LogP contribution in [0, 0.1) is 0 Å². The van der Waals surface area contributed by atoms with Crippen LogP contribution in [0.15, 0.2) is 22.7 Å². The van der Waals surface area contributed by atoms with Crippen LogP contribution in [0.1, 0.15) is 25.8 Å². The molecule has 1 aromatic rings. The zero-order valence-electron chi connectivity index (χ0n) is 9.26. The van der Waals surface area contributed by atoms with E-state index in [2.05, 4.69) is 51.8 Å². The van der Waals surface area contributed by atoms with Crippen LogP contribution in [0.25, 0.3) is 0 Å². The van der Waals surface area contributed by atoms with Gasteiger partial charge in [0.15, 0.2) is 0 Å². The average Bonchev–Trinajstić information content (AvgIpc) is 2.19. The van der Waals surface area contributed by atoms with Gasteiger partial charge in [0, 0.05) is 22.0 Å². The van der Waals surface area contributed by atoms with Crippen LogP contribution in [-0.4, -0.2) is 11.4 Å². The van der Waals surface area contributed by atoms with E-state index in [9.17, 15) is 4.79 Å². The summed E-state index contributed by atoms with van der Waals surface area (Å²) in [7, 11) is 0. The Kier molecular flexibility index (Phi) is 3.14. The van der Waals surface area contributed by atoms with Gasteiger partial charge in [-0.2, -0.15) is 0 Å². The first-order valence-electron chi connectivity index (χ1n) is 5.12. The molecule has 2 rings (SSSR count). The number of anilines is 1. The average molecular weight is 347 g/mol. The molecule has 0 aliphatic carbocycles. The van der Waals surface area contributed by atoms with Crippen molar-refractivity contribution in [1.82, 2.24) is 0 Å². The number of halogens is 2. The van der Waals surface area contributed by atoms with Crippen molar-refractivity contribution in [3.8, 4) is 0 Å². The molecule has 1 aromatic carbocycles. The smallest absolute Gasteiger partial charge is 0.228 e. The molecule has 0 N–H and O–H groups in total. The van der Waals surface area contributed by atoms with Gasteiger partial charge in [-0.3, -0.25) is 4.79 Å². The standard InChI is InChI=1S/C12H13Br2NO/c1-12(2)6-11(16)15(7-13)10-4-3-8(14)5-9(10)12/h3-5H,6-7H2,1-2H3. The number of carbonyl (C=O) groups excluding carboxylic acids is 1. The molecule has 0 unspecified atom stereocenters. The largest absolute Gasteiger partial charge is 0.302 e. The van der Waals surface area contributed by atoms with Crippen molar-refractivity contribution in [2.75, 3.05) is 10.4 Å². The summed E-state index contributed by atoms with van der Waals surface area (Å²) >= 11 is 6.85. The van der Waals surface area contributed by atoms with Gasteiger partial charge in [-0.15, -0.1) is 0 Å². The molecule has 1 aliphatic heterocycles. The minimum Gasteiger partial charge on any atom is -0.302 e. The number of nitrogens with zero attached hydrogens (tertiary/aromatic N) is 1. The van der Waals surface area contributed by atoms with Crippen molar-refractivity contribution >= 4 is 43.5 Å². The van der Waals surface area contributed by atoms with Crippen molar-refractivity contribution in [1.29, 1.82) is 0 Å². The van der Waals surface area contributed by atoms with E-state index in [4.69, 9.17) is 0 Å². The minimum absolute atomic E-state index is 0.0884. The maximum absolute atomic E-state index is 12.0. The SMILES string of the molecule is CC1(C)CC(=O)N(CBr)c2ccc(Br)cc21. The second kappa shape index (κ2) is 4.15. The van der Waals surface area contributed by atoms with Crippen molar-refractivity contribution in [2.24, 2.45) is 0 Å². The third kappa shape index (κ3) is 1.93. The summed E-state index contributed by atoms with van der Waals surface area (Å²) in [6.45, 7) is 4.23. The molecule has 0 spiro atoms. The Morgan fingerprint density at radius 1 is 1.44 bits per heavy atom. The Balaban J connectivity index is 2.62. The third-order valence-corrected chi connectivity index (χ3v) is 3.99. The fraction of sp³-hybridized carbons (Fsp3) is 0.417. The zero-order chi connectivity index (χ0) is 11.9. The topological polar surface area (TPSA) is 20.3 Å². The van der Waals surface area contributed by atoms with E-state index in [1.54, 1.807) is 4.90 Å². The lowest BCUT2D eigenvalue weighted by atomic mass is 9.77. The first-order valence-corrected chi connectivity index (χ1v) is 7.03. The molecule has 86 valence electrons. The van der Waals surface area contributed by atoms with Crippen LogP contribution in [0.2, 0.25) is 0 Å². The van der Waals surface area contributed by atoms with Gasteiger partial charge in [0.25, 0.3) is 0 Å². The van der Waals surface area contributed by atoms with Gasteiger partial charge in [0.05, 0.1) is 5.45 Å². The predicted octanol–water partition coefficient (Wildman–Crippen LogP) is 3.82. The monoisotopic (exact) mass is 345 g/mol.